The zero-order valence-corrected chi connectivity index (χ0v) is 9.58. The van der Waals surface area contributed by atoms with Crippen molar-refractivity contribution in [2.45, 2.75) is 10.1 Å². The van der Waals surface area contributed by atoms with Crippen LogP contribution in [0.3, 0.4) is 0 Å². The first-order valence-corrected chi connectivity index (χ1v) is 5.52. The number of rotatable bonds is 3. The highest BCUT2D eigenvalue weighted by Crippen LogP contribution is 2.32. The van der Waals surface area contributed by atoms with Gasteiger partial charge in [0.2, 0.25) is 0 Å². The van der Waals surface area contributed by atoms with Crippen LogP contribution in [0.1, 0.15) is 0 Å². The summed E-state index contributed by atoms with van der Waals surface area (Å²) < 4.78 is 0. The van der Waals surface area contributed by atoms with Crippen LogP contribution in [-0.2, 0) is 0 Å². The van der Waals surface area contributed by atoms with Gasteiger partial charge in [-0.15, -0.1) is 0 Å². The van der Waals surface area contributed by atoms with Gasteiger partial charge in [0.1, 0.15) is 0 Å². The maximum absolute atomic E-state index is 4.20. The lowest BCUT2D eigenvalue weighted by molar-refractivity contribution is 1.05. The molecule has 0 amide bonds. The van der Waals surface area contributed by atoms with E-state index in [1.807, 2.05) is 32.4 Å². The Bertz CT molecular complexity index is 423. The molecule has 1 aromatic heterocycles. The summed E-state index contributed by atoms with van der Waals surface area (Å²) in [6, 6.07) is 8.29. The highest BCUT2D eigenvalue weighted by molar-refractivity contribution is 7.99. The van der Waals surface area contributed by atoms with E-state index in [2.05, 4.69) is 27.0 Å². The Balaban J connectivity index is 2.28. The molecule has 0 aliphatic heterocycles. The average molecular weight is 219 g/mol. The van der Waals surface area contributed by atoms with Crippen molar-refractivity contribution in [1.29, 1.82) is 0 Å². The van der Waals surface area contributed by atoms with Crippen molar-refractivity contribution in [1.82, 2.24) is 9.97 Å². The Morgan fingerprint density at radius 2 is 2.07 bits per heavy atom. The minimum absolute atomic E-state index is 0.921. The topological polar surface area (TPSA) is 31.9 Å². The number of benzene rings is 1. The molecule has 0 atom stereocenters. The summed E-state index contributed by atoms with van der Waals surface area (Å²) in [5.41, 5.74) is 1.21. The summed E-state index contributed by atoms with van der Waals surface area (Å²) in [5.74, 6) is 0. The number of hydrogen-bond acceptors (Lipinski definition) is 3. The van der Waals surface area contributed by atoms with Gasteiger partial charge in [-0.2, -0.15) is 0 Å². The zero-order chi connectivity index (χ0) is 10.7. The number of H-pyrrole nitrogens is 1. The van der Waals surface area contributed by atoms with Crippen LogP contribution >= 0.6 is 11.8 Å². The lowest BCUT2D eigenvalue weighted by atomic mass is 10.3. The fourth-order valence-electron chi connectivity index (χ4n) is 1.32. The van der Waals surface area contributed by atoms with Gasteiger partial charge in [-0.3, -0.25) is 0 Å². The van der Waals surface area contributed by atoms with Crippen LogP contribution in [0.4, 0.5) is 5.69 Å². The van der Waals surface area contributed by atoms with Gasteiger partial charge in [-0.05, 0) is 23.9 Å². The summed E-state index contributed by atoms with van der Waals surface area (Å²) >= 11 is 1.64. The second-order valence-corrected chi connectivity index (χ2v) is 4.39. The number of anilines is 1. The second kappa shape index (κ2) is 4.40. The van der Waals surface area contributed by atoms with Crippen molar-refractivity contribution < 1.29 is 0 Å². The van der Waals surface area contributed by atoms with Crippen LogP contribution in [0.25, 0.3) is 0 Å². The predicted octanol–water partition coefficient (Wildman–Crippen LogP) is 2.63. The summed E-state index contributed by atoms with van der Waals surface area (Å²) in [7, 11) is 4.09. The third-order valence-corrected chi connectivity index (χ3v) is 3.01. The lowest BCUT2D eigenvalue weighted by Crippen LogP contribution is -2.09. The summed E-state index contributed by atoms with van der Waals surface area (Å²) in [5, 5.41) is 0.921. The minimum Gasteiger partial charge on any atom is -0.377 e. The van der Waals surface area contributed by atoms with Crippen LogP contribution in [-0.4, -0.2) is 24.1 Å². The molecule has 0 bridgehead atoms. The minimum atomic E-state index is 0.921. The fourth-order valence-corrected chi connectivity index (χ4v) is 2.27. The van der Waals surface area contributed by atoms with E-state index in [4.69, 9.17) is 0 Å². The van der Waals surface area contributed by atoms with Gasteiger partial charge in [0.15, 0.2) is 5.16 Å². The van der Waals surface area contributed by atoms with E-state index in [1.54, 1.807) is 18.0 Å². The van der Waals surface area contributed by atoms with E-state index in [-0.39, 0.29) is 0 Å². The van der Waals surface area contributed by atoms with Crippen molar-refractivity contribution >= 4 is 17.4 Å². The molecule has 1 N–H and O–H groups in total. The molecule has 2 aromatic rings. The Morgan fingerprint density at radius 3 is 2.73 bits per heavy atom. The molecule has 1 aromatic carbocycles. The molecule has 0 radical (unpaired) electrons. The Hall–Kier alpha value is -1.42. The molecule has 0 unspecified atom stereocenters. The van der Waals surface area contributed by atoms with E-state index >= 15 is 0 Å². The zero-order valence-electron chi connectivity index (χ0n) is 8.77. The molecule has 4 heteroatoms. The predicted molar refractivity (Wildman–Crippen MR) is 63.5 cm³/mol. The number of hydrogen-bond donors (Lipinski definition) is 1. The van der Waals surface area contributed by atoms with E-state index in [0.717, 1.165) is 5.16 Å². The quantitative estimate of drug-likeness (QED) is 0.861. The maximum atomic E-state index is 4.20. The highest BCUT2D eigenvalue weighted by Gasteiger charge is 2.06. The normalized spacial score (nSPS) is 10.3. The van der Waals surface area contributed by atoms with Crippen molar-refractivity contribution in [2.24, 2.45) is 0 Å². The van der Waals surface area contributed by atoms with Crippen LogP contribution in [0.15, 0.2) is 46.7 Å². The Kier molecular flexibility index (Phi) is 2.97. The van der Waals surface area contributed by atoms with Crippen LogP contribution in [0, 0.1) is 0 Å². The first-order valence-electron chi connectivity index (χ1n) is 4.71. The van der Waals surface area contributed by atoms with Crippen molar-refractivity contribution in [2.75, 3.05) is 19.0 Å². The molecule has 0 aliphatic carbocycles. The molecule has 15 heavy (non-hydrogen) atoms. The third kappa shape index (κ3) is 2.33. The molecule has 0 saturated carbocycles. The number of nitrogens with zero attached hydrogens (tertiary/aromatic N) is 2. The van der Waals surface area contributed by atoms with Gasteiger partial charge < -0.3 is 9.88 Å². The largest absolute Gasteiger partial charge is 0.377 e. The summed E-state index contributed by atoms with van der Waals surface area (Å²) in [6.07, 6.45) is 3.60. The smallest absolute Gasteiger partial charge is 0.170 e. The van der Waals surface area contributed by atoms with Crippen molar-refractivity contribution in [3.63, 3.8) is 0 Å². The molecule has 1 heterocycles. The maximum Gasteiger partial charge on any atom is 0.170 e. The van der Waals surface area contributed by atoms with Crippen LogP contribution in [0.2, 0.25) is 0 Å². The molecular formula is C11H13N3S. The summed E-state index contributed by atoms with van der Waals surface area (Å²) in [6.45, 7) is 0. The number of aromatic nitrogens is 2. The first kappa shape index (κ1) is 10.1. The number of nitrogens with one attached hydrogen (secondary N) is 1. The van der Waals surface area contributed by atoms with E-state index in [0.29, 0.717) is 0 Å². The SMILES string of the molecule is CN(C)c1ccccc1Sc1ncc[nH]1. The number of imidazole rings is 1. The van der Waals surface area contributed by atoms with Gasteiger partial charge in [-0.25, -0.2) is 4.98 Å². The van der Waals surface area contributed by atoms with Crippen LogP contribution < -0.4 is 4.90 Å². The molecule has 78 valence electrons. The van der Waals surface area contributed by atoms with Gasteiger partial charge in [0, 0.05) is 31.4 Å². The van der Waals surface area contributed by atoms with Crippen molar-refractivity contribution in [3.8, 4) is 0 Å². The fraction of sp³-hybridized carbons (Fsp3) is 0.182. The Labute approximate surface area is 93.5 Å². The van der Waals surface area contributed by atoms with Gasteiger partial charge in [-0.1, -0.05) is 12.1 Å². The molecule has 0 spiro atoms. The first-order chi connectivity index (χ1) is 7.27. The average Bonchev–Trinajstić information content (AvgIpc) is 2.71. The van der Waals surface area contributed by atoms with E-state index in [1.165, 1.54) is 10.6 Å². The van der Waals surface area contributed by atoms with Crippen molar-refractivity contribution in [3.05, 3.63) is 36.7 Å². The third-order valence-electron chi connectivity index (χ3n) is 2.03. The molecule has 2 rings (SSSR count). The van der Waals surface area contributed by atoms with E-state index < -0.39 is 0 Å². The molecular weight excluding hydrogens is 206 g/mol. The lowest BCUT2D eigenvalue weighted by Gasteiger charge is -2.15. The number of para-hydroxylation sites is 1. The molecule has 3 nitrogen and oxygen atoms in total. The summed E-state index contributed by atoms with van der Waals surface area (Å²) in [4.78, 5) is 10.6. The monoisotopic (exact) mass is 219 g/mol. The second-order valence-electron chi connectivity index (χ2n) is 3.36. The molecule has 0 saturated heterocycles. The number of aromatic amines is 1. The van der Waals surface area contributed by atoms with Gasteiger partial charge in [0.05, 0.1) is 5.69 Å². The van der Waals surface area contributed by atoms with E-state index in [9.17, 15) is 0 Å². The molecule has 0 fully saturated rings. The van der Waals surface area contributed by atoms with Crippen LogP contribution in [0.5, 0.6) is 0 Å². The van der Waals surface area contributed by atoms with Gasteiger partial charge in [0.25, 0.3) is 0 Å². The van der Waals surface area contributed by atoms with Gasteiger partial charge >= 0.3 is 0 Å². The standard InChI is InChI=1S/C11H13N3S/c1-14(2)9-5-3-4-6-10(9)15-11-12-7-8-13-11/h3-8H,1-2H3,(H,12,13). The Morgan fingerprint density at radius 1 is 1.27 bits per heavy atom. The molecule has 0 aliphatic rings. The highest BCUT2D eigenvalue weighted by atomic mass is 32.2.